The van der Waals surface area contributed by atoms with E-state index < -0.39 is 17.8 Å². The van der Waals surface area contributed by atoms with Gasteiger partial charge in [0.15, 0.2) is 0 Å². The van der Waals surface area contributed by atoms with Gasteiger partial charge in [-0.3, -0.25) is 10.2 Å². The average molecular weight is 464 g/mol. The van der Waals surface area contributed by atoms with E-state index in [0.717, 1.165) is 0 Å². The van der Waals surface area contributed by atoms with Gasteiger partial charge < -0.3 is 19.1 Å². The van der Waals surface area contributed by atoms with Gasteiger partial charge in [0.1, 0.15) is 11.4 Å². The summed E-state index contributed by atoms with van der Waals surface area (Å²) in [6.45, 7) is 5.06. The van der Waals surface area contributed by atoms with E-state index in [9.17, 15) is 14.4 Å². The Labute approximate surface area is 191 Å². The largest absolute Gasteiger partial charge is 0.496 e. The van der Waals surface area contributed by atoms with Crippen LogP contribution in [0.5, 0.6) is 5.75 Å². The third kappa shape index (κ3) is 5.30. The second kappa shape index (κ2) is 11.4. The molecule has 10 heteroatoms. The van der Waals surface area contributed by atoms with Crippen LogP contribution in [0.2, 0.25) is 5.02 Å². The van der Waals surface area contributed by atoms with Crippen LogP contribution in [0.25, 0.3) is 0 Å². The summed E-state index contributed by atoms with van der Waals surface area (Å²) in [5, 5.41) is 1.88. The van der Waals surface area contributed by atoms with Crippen molar-refractivity contribution in [1.82, 2.24) is 10.4 Å². The van der Waals surface area contributed by atoms with Crippen molar-refractivity contribution in [2.45, 2.75) is 13.8 Å². The molecule has 0 aliphatic carbocycles. The molecule has 32 heavy (non-hydrogen) atoms. The first-order valence-corrected chi connectivity index (χ1v) is 10.2. The molecule has 1 aliphatic rings. The molecule has 0 saturated heterocycles. The molecule has 0 saturated carbocycles. The third-order valence-electron chi connectivity index (χ3n) is 4.69. The highest BCUT2D eigenvalue weighted by molar-refractivity contribution is 6.34. The second-order valence-corrected chi connectivity index (χ2v) is 6.84. The fraction of sp³-hybridized carbons (Fsp3) is 0.318. The van der Waals surface area contributed by atoms with Crippen molar-refractivity contribution in [3.05, 3.63) is 58.4 Å². The molecule has 2 rings (SSSR count). The summed E-state index contributed by atoms with van der Waals surface area (Å²) >= 11 is 6.53. The maximum atomic E-state index is 12.8. The molecular formula is C22H26ClN3O6. The van der Waals surface area contributed by atoms with Crippen LogP contribution >= 0.6 is 11.6 Å². The smallest absolute Gasteiger partial charge is 0.355 e. The molecule has 1 amide bonds. The number of nitrogens with zero attached hydrogens (tertiary/aromatic N) is 2. The maximum absolute atomic E-state index is 12.8. The number of esters is 2. The first kappa shape index (κ1) is 25.0. The number of halogens is 1. The number of carbonyl (C=O) groups is 3. The van der Waals surface area contributed by atoms with Gasteiger partial charge in [-0.15, -0.1) is 0 Å². The topological polar surface area (TPSA) is 97.4 Å². The zero-order valence-electron chi connectivity index (χ0n) is 18.6. The number of amides is 1. The van der Waals surface area contributed by atoms with Crippen LogP contribution in [0.4, 0.5) is 5.69 Å². The molecule has 0 aromatic heterocycles. The fourth-order valence-corrected chi connectivity index (χ4v) is 3.27. The Morgan fingerprint density at radius 2 is 1.69 bits per heavy atom. The molecule has 172 valence electrons. The standard InChI is InChI=1S/C22H26ClN3O6/c1-6-25(7-2)24-20(27)15-12-16(23)17(13-18(15)30-3)26-11-9-8-10-14(21(28)31-4)19(26)22(29)32-5/h8-13H,6-7H2,1-5H3,(H,24,27). The van der Waals surface area contributed by atoms with Gasteiger partial charge >= 0.3 is 11.9 Å². The van der Waals surface area contributed by atoms with Crippen molar-refractivity contribution < 1.29 is 28.6 Å². The molecule has 0 bridgehead atoms. The van der Waals surface area contributed by atoms with Gasteiger partial charge in [-0.25, -0.2) is 14.6 Å². The normalized spacial score (nSPS) is 13.2. The van der Waals surface area contributed by atoms with Gasteiger partial charge in [-0.1, -0.05) is 31.5 Å². The molecular weight excluding hydrogens is 438 g/mol. The predicted molar refractivity (Wildman–Crippen MR) is 120 cm³/mol. The Hall–Kier alpha value is -3.30. The van der Waals surface area contributed by atoms with E-state index in [1.807, 2.05) is 13.8 Å². The summed E-state index contributed by atoms with van der Waals surface area (Å²) in [4.78, 5) is 39.1. The monoisotopic (exact) mass is 463 g/mol. The summed E-state index contributed by atoms with van der Waals surface area (Å²) in [5.41, 5.74) is 3.16. The Morgan fingerprint density at radius 1 is 1.03 bits per heavy atom. The highest BCUT2D eigenvalue weighted by Gasteiger charge is 2.29. The lowest BCUT2D eigenvalue weighted by Crippen LogP contribution is -2.42. The zero-order valence-corrected chi connectivity index (χ0v) is 19.4. The van der Waals surface area contributed by atoms with Crippen molar-refractivity contribution in [1.29, 1.82) is 0 Å². The van der Waals surface area contributed by atoms with E-state index in [0.29, 0.717) is 18.8 Å². The third-order valence-corrected chi connectivity index (χ3v) is 4.99. The number of methoxy groups -OCH3 is 3. The predicted octanol–water partition coefficient (Wildman–Crippen LogP) is 2.83. The molecule has 0 radical (unpaired) electrons. The molecule has 1 N–H and O–H groups in total. The van der Waals surface area contributed by atoms with Crippen LogP contribution < -0.4 is 15.1 Å². The highest BCUT2D eigenvalue weighted by atomic mass is 35.5. The van der Waals surface area contributed by atoms with Crippen molar-refractivity contribution in [2.24, 2.45) is 0 Å². The fourth-order valence-electron chi connectivity index (χ4n) is 3.01. The SMILES string of the molecule is CCN(CC)NC(=O)c1cc(Cl)c(N2C=CC=CC(C(=O)OC)=C2C(=O)OC)cc1OC. The zero-order chi connectivity index (χ0) is 23.8. The van der Waals surface area contributed by atoms with Crippen molar-refractivity contribution >= 4 is 35.1 Å². The molecule has 1 aliphatic heterocycles. The molecule has 0 atom stereocenters. The number of hydrazine groups is 1. The molecule has 0 spiro atoms. The summed E-state index contributed by atoms with van der Waals surface area (Å²) in [6.07, 6.45) is 6.16. The molecule has 0 unspecified atom stereocenters. The Kier molecular flexibility index (Phi) is 8.86. The van der Waals surface area contributed by atoms with Gasteiger partial charge in [0.2, 0.25) is 0 Å². The van der Waals surface area contributed by atoms with Gasteiger partial charge in [-0.05, 0) is 18.2 Å². The summed E-state index contributed by atoms with van der Waals surface area (Å²) < 4.78 is 15.1. The Balaban J connectivity index is 2.63. The number of rotatable bonds is 8. The van der Waals surface area contributed by atoms with E-state index in [-0.39, 0.29) is 27.6 Å². The number of carbonyl (C=O) groups excluding carboxylic acids is 3. The van der Waals surface area contributed by atoms with E-state index >= 15 is 0 Å². The van der Waals surface area contributed by atoms with Gasteiger partial charge in [-0.2, -0.15) is 0 Å². The minimum absolute atomic E-state index is 0.0252. The maximum Gasteiger partial charge on any atom is 0.355 e. The molecule has 0 fully saturated rings. The number of nitrogens with one attached hydrogen (secondary N) is 1. The van der Waals surface area contributed by atoms with E-state index in [1.54, 1.807) is 17.2 Å². The Bertz CT molecular complexity index is 982. The molecule has 1 aromatic carbocycles. The van der Waals surface area contributed by atoms with Gasteiger partial charge in [0.05, 0.1) is 43.2 Å². The van der Waals surface area contributed by atoms with Gasteiger partial charge in [0, 0.05) is 25.4 Å². The minimum atomic E-state index is -0.778. The second-order valence-electron chi connectivity index (χ2n) is 6.43. The number of ether oxygens (including phenoxy) is 3. The minimum Gasteiger partial charge on any atom is -0.496 e. The average Bonchev–Trinajstić information content (AvgIpc) is 3.04. The molecule has 1 heterocycles. The van der Waals surface area contributed by atoms with Crippen LogP contribution in [-0.4, -0.2) is 57.3 Å². The number of hydrogen-bond acceptors (Lipinski definition) is 8. The lowest BCUT2D eigenvalue weighted by molar-refractivity contribution is -0.139. The molecule has 9 nitrogen and oxygen atoms in total. The Morgan fingerprint density at radius 3 is 2.25 bits per heavy atom. The number of benzene rings is 1. The van der Waals surface area contributed by atoms with Crippen molar-refractivity contribution in [2.75, 3.05) is 39.3 Å². The van der Waals surface area contributed by atoms with Crippen LogP contribution in [0.1, 0.15) is 24.2 Å². The first-order valence-electron chi connectivity index (χ1n) is 9.81. The summed E-state index contributed by atoms with van der Waals surface area (Å²) in [7, 11) is 3.82. The summed E-state index contributed by atoms with van der Waals surface area (Å²) in [6, 6.07) is 2.94. The van der Waals surface area contributed by atoms with E-state index in [1.165, 1.54) is 50.6 Å². The van der Waals surface area contributed by atoms with Crippen LogP contribution in [-0.2, 0) is 19.1 Å². The lowest BCUT2D eigenvalue weighted by Gasteiger charge is -2.25. The lowest BCUT2D eigenvalue weighted by atomic mass is 10.1. The summed E-state index contributed by atoms with van der Waals surface area (Å²) in [5.74, 6) is -1.68. The van der Waals surface area contributed by atoms with Gasteiger partial charge in [0.25, 0.3) is 5.91 Å². The highest BCUT2D eigenvalue weighted by Crippen LogP contribution is 2.37. The number of hydrogen-bond donors (Lipinski definition) is 1. The van der Waals surface area contributed by atoms with Crippen molar-refractivity contribution in [3.63, 3.8) is 0 Å². The van der Waals surface area contributed by atoms with E-state index in [4.69, 9.17) is 25.8 Å². The van der Waals surface area contributed by atoms with Crippen molar-refractivity contribution in [3.8, 4) is 5.75 Å². The van der Waals surface area contributed by atoms with Crippen LogP contribution in [0.15, 0.2) is 47.8 Å². The number of allylic oxidation sites excluding steroid dienone is 2. The van der Waals surface area contributed by atoms with Crippen LogP contribution in [0.3, 0.4) is 0 Å². The molecule has 1 aromatic rings. The van der Waals surface area contributed by atoms with Crippen LogP contribution in [0, 0.1) is 0 Å². The number of anilines is 1. The van der Waals surface area contributed by atoms with E-state index in [2.05, 4.69) is 5.43 Å². The quantitative estimate of drug-likeness (QED) is 0.464. The first-order chi connectivity index (χ1) is 15.3.